The van der Waals surface area contributed by atoms with Crippen LogP contribution in [0.15, 0.2) is 0 Å². The van der Waals surface area contributed by atoms with E-state index in [0.29, 0.717) is 0 Å². The van der Waals surface area contributed by atoms with Crippen molar-refractivity contribution in [2.45, 2.75) is 0 Å². The van der Waals surface area contributed by atoms with E-state index in [9.17, 15) is 8.42 Å². The van der Waals surface area contributed by atoms with Crippen LogP contribution in [0.5, 0.6) is 0 Å². The summed E-state index contributed by atoms with van der Waals surface area (Å²) in [4.78, 5) is 0. The highest BCUT2D eigenvalue weighted by molar-refractivity contribution is 8.13. The summed E-state index contributed by atoms with van der Waals surface area (Å²) < 4.78 is 18.8. The molecule has 0 saturated carbocycles. The van der Waals surface area contributed by atoms with E-state index in [-0.39, 0.29) is 12.4 Å². The first-order valence-corrected chi connectivity index (χ1v) is 3.61. The van der Waals surface area contributed by atoms with Crippen LogP contribution in [0.1, 0.15) is 0 Å². The Balaban J connectivity index is 0. The van der Waals surface area contributed by atoms with Crippen LogP contribution in [0.2, 0.25) is 0 Å². The largest absolute Gasteiger partial charge is 0.229 e. The quantitative estimate of drug-likeness (QED) is 0.475. The van der Waals surface area contributed by atoms with E-state index in [0.717, 1.165) is 6.26 Å². The van der Waals surface area contributed by atoms with Gasteiger partial charge in [-0.2, -0.15) is 0 Å². The molecule has 0 spiro atoms. The molecule has 0 aliphatic rings. The zero-order valence-corrected chi connectivity index (χ0v) is 5.40. The molecule has 0 aromatic heterocycles. The highest BCUT2D eigenvalue weighted by Crippen LogP contribution is 1.83. The molecule has 0 N–H and O–H groups in total. The van der Waals surface area contributed by atoms with Gasteiger partial charge in [0.2, 0.25) is 9.05 Å². The summed E-state index contributed by atoms with van der Waals surface area (Å²) in [7, 11) is 1.31. The van der Waals surface area contributed by atoms with Crippen LogP contribution in [0.4, 0.5) is 0 Å². The van der Waals surface area contributed by atoms with Crippen LogP contribution in [0.3, 0.4) is 0 Å². The zero-order chi connectivity index (χ0) is 4.50. The van der Waals surface area contributed by atoms with Crippen LogP contribution in [-0.4, -0.2) is 14.7 Å². The molecule has 40 valence electrons. The van der Waals surface area contributed by atoms with Gasteiger partial charge in [-0.1, -0.05) is 0 Å². The molecule has 0 rings (SSSR count). The van der Waals surface area contributed by atoms with E-state index >= 15 is 0 Å². The molecule has 0 aromatic rings. The topological polar surface area (TPSA) is 34.1 Å². The Morgan fingerprint density at radius 2 is 1.50 bits per heavy atom. The van der Waals surface area contributed by atoms with E-state index in [1.54, 1.807) is 0 Å². The van der Waals surface area contributed by atoms with Gasteiger partial charge in [0, 0.05) is 10.7 Å². The fourth-order valence-electron chi connectivity index (χ4n) is 0. The van der Waals surface area contributed by atoms with E-state index in [2.05, 4.69) is 10.7 Å². The maximum absolute atomic E-state index is 9.40. The van der Waals surface area contributed by atoms with Crippen LogP contribution in [0, 0.1) is 0 Å². The predicted octanol–water partition coefficient (Wildman–Crippen LogP) is 0.607. The second-order valence-electron chi connectivity index (χ2n) is 0.682. The average molecular weight is 151 g/mol. The molecule has 6 heavy (non-hydrogen) atoms. The molecule has 0 aromatic carbocycles. The molecule has 2 nitrogen and oxygen atoms in total. The molecule has 0 heterocycles. The van der Waals surface area contributed by atoms with Crippen molar-refractivity contribution in [2.75, 3.05) is 6.26 Å². The van der Waals surface area contributed by atoms with Gasteiger partial charge in [0.1, 0.15) is 0 Å². The first kappa shape index (κ1) is 9.73. The number of hydrogen-bond acceptors (Lipinski definition) is 2. The number of halogens is 2. The Morgan fingerprint density at radius 3 is 1.50 bits per heavy atom. The lowest BCUT2D eigenvalue weighted by Crippen LogP contribution is -1.76. The number of rotatable bonds is 0. The summed E-state index contributed by atoms with van der Waals surface area (Å²) in [5.41, 5.74) is 0. The lowest BCUT2D eigenvalue weighted by Gasteiger charge is -1.65. The van der Waals surface area contributed by atoms with Gasteiger partial charge in [0.05, 0.1) is 6.26 Å². The molecule has 0 aliphatic carbocycles. The van der Waals surface area contributed by atoms with Crippen molar-refractivity contribution < 1.29 is 8.42 Å². The second-order valence-corrected chi connectivity index (χ2v) is 3.73. The third-order valence-electron chi connectivity index (χ3n) is 0. The SMILES string of the molecule is CS(=O)(=O)Cl.Cl. The summed E-state index contributed by atoms with van der Waals surface area (Å²) >= 11 is 0. The zero-order valence-electron chi connectivity index (χ0n) is 3.01. The van der Waals surface area contributed by atoms with Crippen molar-refractivity contribution in [3.05, 3.63) is 0 Å². The first-order valence-electron chi connectivity index (χ1n) is 0.896. The molecular formula is CH4Cl2O2S. The minimum Gasteiger partial charge on any atom is -0.213 e. The summed E-state index contributed by atoms with van der Waals surface area (Å²) in [5, 5.41) is 0. The van der Waals surface area contributed by atoms with E-state index < -0.39 is 9.05 Å². The maximum atomic E-state index is 9.40. The molecule has 0 unspecified atom stereocenters. The molecule has 0 amide bonds. The highest BCUT2D eigenvalue weighted by atomic mass is 35.7. The summed E-state index contributed by atoms with van der Waals surface area (Å²) in [6.07, 6.45) is 0.925. The smallest absolute Gasteiger partial charge is 0.213 e. The Morgan fingerprint density at radius 1 is 1.50 bits per heavy atom. The van der Waals surface area contributed by atoms with Crippen LogP contribution in [0.25, 0.3) is 0 Å². The van der Waals surface area contributed by atoms with Gasteiger partial charge in [0.15, 0.2) is 0 Å². The average Bonchev–Trinajstić information content (AvgIpc) is 0.722. The number of hydrogen-bond donors (Lipinski definition) is 0. The van der Waals surface area contributed by atoms with Gasteiger partial charge in [-0.25, -0.2) is 8.42 Å². The maximum Gasteiger partial charge on any atom is 0.229 e. The summed E-state index contributed by atoms with van der Waals surface area (Å²) in [6, 6.07) is 0. The van der Waals surface area contributed by atoms with Gasteiger partial charge in [-0.3, -0.25) is 0 Å². The van der Waals surface area contributed by atoms with Crippen LogP contribution < -0.4 is 0 Å². The molecule has 0 bridgehead atoms. The first-order chi connectivity index (χ1) is 2.00. The molecule has 0 aliphatic heterocycles. The summed E-state index contributed by atoms with van der Waals surface area (Å²) in [5.74, 6) is 0. The molecule has 0 radical (unpaired) electrons. The highest BCUT2D eigenvalue weighted by Gasteiger charge is 1.83. The molecule has 0 saturated heterocycles. The third kappa shape index (κ3) is 201. The van der Waals surface area contributed by atoms with Crippen molar-refractivity contribution in [3.8, 4) is 0 Å². The van der Waals surface area contributed by atoms with Gasteiger partial charge >= 0.3 is 0 Å². The standard InChI is InChI=1S/CH3ClO2S.ClH/c1-5(2,3)4;/h1H3;1H. The van der Waals surface area contributed by atoms with Crippen LogP contribution in [-0.2, 0) is 9.05 Å². The van der Waals surface area contributed by atoms with E-state index in [1.807, 2.05) is 0 Å². The normalized spacial score (nSPS) is 9.67. The Bertz CT molecular complexity index is 94.7. The minimum atomic E-state index is -3.19. The Hall–Kier alpha value is 0.530. The summed E-state index contributed by atoms with van der Waals surface area (Å²) in [6.45, 7) is 0. The van der Waals surface area contributed by atoms with Crippen molar-refractivity contribution in [3.63, 3.8) is 0 Å². The molecule has 0 fully saturated rings. The van der Waals surface area contributed by atoms with Crippen LogP contribution >= 0.6 is 23.1 Å². The van der Waals surface area contributed by atoms with Crippen molar-refractivity contribution in [2.24, 2.45) is 0 Å². The van der Waals surface area contributed by atoms with E-state index in [4.69, 9.17) is 0 Å². The Labute approximate surface area is 47.3 Å². The fourth-order valence-corrected chi connectivity index (χ4v) is 0. The van der Waals surface area contributed by atoms with Gasteiger partial charge in [0.25, 0.3) is 0 Å². The second kappa shape index (κ2) is 2.66. The molecule has 0 atom stereocenters. The van der Waals surface area contributed by atoms with E-state index in [1.165, 1.54) is 0 Å². The lowest BCUT2D eigenvalue weighted by atomic mass is 12.0. The third-order valence-corrected chi connectivity index (χ3v) is 0. The fraction of sp³-hybridized carbons (Fsp3) is 1.00. The van der Waals surface area contributed by atoms with Crippen molar-refractivity contribution in [1.82, 2.24) is 0 Å². The van der Waals surface area contributed by atoms with Gasteiger partial charge in [-0.15, -0.1) is 12.4 Å². The monoisotopic (exact) mass is 150 g/mol. The van der Waals surface area contributed by atoms with Gasteiger partial charge < -0.3 is 0 Å². The van der Waals surface area contributed by atoms with Crippen molar-refractivity contribution >= 4 is 32.1 Å². The lowest BCUT2D eigenvalue weighted by molar-refractivity contribution is 0.615. The van der Waals surface area contributed by atoms with Gasteiger partial charge in [-0.05, 0) is 0 Å². The molecular weight excluding hydrogens is 147 g/mol. The molecule has 5 heteroatoms. The predicted molar refractivity (Wildman–Crippen MR) is 27.9 cm³/mol. The minimum absolute atomic E-state index is 0. The van der Waals surface area contributed by atoms with Crippen molar-refractivity contribution in [1.29, 1.82) is 0 Å². The Kier molecular flexibility index (Phi) is 4.32.